The number of primary amides is 1. The SMILES string of the molecule is C.CC(=NC(=O)c1cc2nccc(Cl)c2s1)N(C)C.Cc1noc(-c2cc3nccc(Cl)c3s2)n1.NC(=O)c1cc2nccc(Cl)c2s1. The number of fused-ring (bicyclic) bond motifs is 3. The molecule has 0 saturated carbocycles. The summed E-state index contributed by atoms with van der Waals surface area (Å²) < 4.78 is 7.66. The molecule has 7 aromatic heterocycles. The van der Waals surface area contributed by atoms with E-state index in [0.717, 1.165) is 30.0 Å². The van der Waals surface area contributed by atoms with Crippen molar-refractivity contribution in [1.29, 1.82) is 0 Å². The highest BCUT2D eigenvalue weighted by Gasteiger charge is 2.14. The van der Waals surface area contributed by atoms with Gasteiger partial charge in [-0.1, -0.05) is 47.4 Å². The zero-order chi connectivity index (χ0) is 33.8. The van der Waals surface area contributed by atoms with Gasteiger partial charge in [0.15, 0.2) is 5.82 Å². The predicted molar refractivity (Wildman–Crippen MR) is 198 cm³/mol. The van der Waals surface area contributed by atoms with E-state index >= 15 is 0 Å². The molecule has 0 bridgehead atoms. The molecule has 0 radical (unpaired) electrons. The lowest BCUT2D eigenvalue weighted by molar-refractivity contribution is 0.0996. The molecule has 0 unspecified atom stereocenters. The Bertz CT molecular complexity index is 2280. The van der Waals surface area contributed by atoms with Gasteiger partial charge >= 0.3 is 0 Å². The summed E-state index contributed by atoms with van der Waals surface area (Å²) >= 11 is 22.1. The van der Waals surface area contributed by atoms with Crippen molar-refractivity contribution in [2.45, 2.75) is 21.3 Å². The Labute approximate surface area is 302 Å². The van der Waals surface area contributed by atoms with Crippen molar-refractivity contribution >= 4 is 117 Å². The predicted octanol–water partition coefficient (Wildman–Crippen LogP) is 9.06. The second kappa shape index (κ2) is 15.9. The lowest BCUT2D eigenvalue weighted by atomic mass is 10.3. The number of halogens is 3. The standard InChI is InChI=1S/C12H12ClN3OS.C10H6ClN3OS.C8H5ClN2OS.CH4/c1-7(16(2)3)15-12(17)10-6-9-11(18-10)8(13)4-5-14-9;1-5-13-10(15-14-5)8-4-7-9(16-8)6(11)2-3-12-7;9-4-1-2-11-5-3-6(8(10)12)13-7(4)5;/h4-6H,1-3H3;2-4H,1H3;1-3H,(H2,10,12);1H4. The van der Waals surface area contributed by atoms with Crippen LogP contribution in [0.2, 0.25) is 15.1 Å². The molecule has 7 heterocycles. The molecule has 0 aromatic carbocycles. The summed E-state index contributed by atoms with van der Waals surface area (Å²) in [7, 11) is 3.69. The van der Waals surface area contributed by atoms with E-state index in [1.54, 1.807) is 67.7 Å². The van der Waals surface area contributed by atoms with Crippen molar-refractivity contribution in [3.63, 3.8) is 0 Å². The van der Waals surface area contributed by atoms with E-state index in [0.29, 0.717) is 47.9 Å². The summed E-state index contributed by atoms with van der Waals surface area (Å²) in [5.41, 5.74) is 7.42. The molecule has 2 amide bonds. The zero-order valence-electron chi connectivity index (χ0n) is 25.0. The van der Waals surface area contributed by atoms with Gasteiger partial charge in [0, 0.05) is 32.7 Å². The first-order chi connectivity index (χ1) is 22.4. The Hall–Kier alpha value is -4.05. The smallest absolute Gasteiger partial charge is 0.288 e. The summed E-state index contributed by atoms with van der Waals surface area (Å²) in [6.07, 6.45) is 4.91. The van der Waals surface area contributed by atoms with Crippen LogP contribution >= 0.6 is 68.8 Å². The molecule has 48 heavy (non-hydrogen) atoms. The van der Waals surface area contributed by atoms with Crippen molar-refractivity contribution in [3.05, 3.63) is 85.6 Å². The van der Waals surface area contributed by atoms with Crippen molar-refractivity contribution in [2.75, 3.05) is 14.1 Å². The summed E-state index contributed by atoms with van der Waals surface area (Å²) in [5, 5.41) is 5.65. The van der Waals surface area contributed by atoms with Gasteiger partial charge in [-0.25, -0.2) is 0 Å². The van der Waals surface area contributed by atoms with Crippen LogP contribution in [0.15, 0.2) is 64.5 Å². The maximum absolute atomic E-state index is 12.0. The first-order valence-corrected chi connectivity index (χ1v) is 17.0. The van der Waals surface area contributed by atoms with Gasteiger partial charge in [0.25, 0.3) is 17.7 Å². The fourth-order valence-electron chi connectivity index (χ4n) is 3.75. The van der Waals surface area contributed by atoms with Gasteiger partial charge < -0.3 is 15.2 Å². The van der Waals surface area contributed by atoms with Crippen molar-refractivity contribution in [3.8, 4) is 10.8 Å². The maximum atomic E-state index is 12.0. The van der Waals surface area contributed by atoms with Crippen LogP contribution in [0.4, 0.5) is 0 Å². The molecule has 0 aliphatic carbocycles. The first-order valence-electron chi connectivity index (χ1n) is 13.4. The second-order valence-corrected chi connectivity index (χ2v) is 14.1. The number of nitrogens with zero attached hydrogens (tertiary/aromatic N) is 7. The molecule has 11 nitrogen and oxygen atoms in total. The van der Waals surface area contributed by atoms with E-state index < -0.39 is 5.91 Å². The highest BCUT2D eigenvalue weighted by molar-refractivity contribution is 7.23. The number of thiophene rings is 3. The number of hydrogen-bond acceptors (Lipinski definition) is 11. The molecule has 17 heteroatoms. The van der Waals surface area contributed by atoms with E-state index in [9.17, 15) is 9.59 Å². The van der Waals surface area contributed by atoms with Crippen LogP contribution < -0.4 is 5.73 Å². The van der Waals surface area contributed by atoms with Crippen LogP contribution in [0, 0.1) is 6.92 Å². The zero-order valence-corrected chi connectivity index (χ0v) is 29.7. The van der Waals surface area contributed by atoms with Crippen molar-refractivity contribution in [2.24, 2.45) is 10.7 Å². The van der Waals surface area contributed by atoms with E-state index in [2.05, 4.69) is 30.1 Å². The van der Waals surface area contributed by atoms with Gasteiger partial charge in [0.05, 0.1) is 60.3 Å². The van der Waals surface area contributed by atoms with Gasteiger partial charge in [0.1, 0.15) is 5.84 Å². The second-order valence-electron chi connectivity index (χ2n) is 9.72. The van der Waals surface area contributed by atoms with Crippen LogP contribution in [0.5, 0.6) is 0 Å². The summed E-state index contributed by atoms with van der Waals surface area (Å²) in [6, 6.07) is 10.4. The molecule has 2 N–H and O–H groups in total. The van der Waals surface area contributed by atoms with E-state index in [4.69, 9.17) is 45.1 Å². The molecule has 0 fully saturated rings. The number of amides is 2. The number of hydrogen-bond donors (Lipinski definition) is 1. The first kappa shape index (κ1) is 36.8. The quantitative estimate of drug-likeness (QED) is 0.137. The van der Waals surface area contributed by atoms with Gasteiger partial charge in [-0.2, -0.15) is 9.98 Å². The number of carbonyl (C=O) groups excluding carboxylic acids is 2. The van der Waals surface area contributed by atoms with Crippen LogP contribution in [-0.4, -0.2) is 61.7 Å². The molecule has 7 rings (SSSR count). The van der Waals surface area contributed by atoms with Crippen LogP contribution in [-0.2, 0) is 0 Å². The molecule has 248 valence electrons. The molecule has 0 atom stereocenters. The molecule has 0 aliphatic heterocycles. The number of carbonyl (C=O) groups is 2. The average Bonchev–Trinajstić information content (AvgIpc) is 3.83. The Kier molecular flexibility index (Phi) is 12.2. The third-order valence-electron chi connectivity index (χ3n) is 6.19. The molecule has 0 spiro atoms. The van der Waals surface area contributed by atoms with Gasteiger partial charge in [-0.05, 0) is 50.2 Å². The monoisotopic (exact) mass is 760 g/mol. The number of rotatable bonds is 3. The van der Waals surface area contributed by atoms with E-state index in [1.165, 1.54) is 34.0 Å². The Morgan fingerprint density at radius 3 is 1.73 bits per heavy atom. The Balaban J connectivity index is 0.000000163. The van der Waals surface area contributed by atoms with E-state index in [-0.39, 0.29) is 13.3 Å². The lowest BCUT2D eigenvalue weighted by Crippen LogP contribution is -2.19. The number of amidine groups is 1. The summed E-state index contributed by atoms with van der Waals surface area (Å²) in [5.74, 6) is 1.08. The number of aryl methyl sites for hydroxylation is 1. The van der Waals surface area contributed by atoms with Crippen LogP contribution in [0.1, 0.15) is 39.5 Å². The summed E-state index contributed by atoms with van der Waals surface area (Å²) in [4.78, 5) is 47.2. The maximum Gasteiger partial charge on any atom is 0.288 e. The topological polar surface area (TPSA) is 153 Å². The number of aromatic nitrogens is 5. The third kappa shape index (κ3) is 8.50. The minimum Gasteiger partial charge on any atom is -0.366 e. The van der Waals surface area contributed by atoms with E-state index in [1.807, 2.05) is 20.2 Å². The highest BCUT2D eigenvalue weighted by atomic mass is 35.5. The van der Waals surface area contributed by atoms with Crippen LogP contribution in [0.25, 0.3) is 41.4 Å². The Morgan fingerprint density at radius 2 is 1.29 bits per heavy atom. The fourth-order valence-corrected chi connectivity index (χ4v) is 7.28. The molecular formula is C31H27Cl3N8O3S3. The van der Waals surface area contributed by atoms with Crippen molar-refractivity contribution < 1.29 is 14.1 Å². The third-order valence-corrected chi connectivity index (χ3v) is 10.9. The number of pyridine rings is 3. The van der Waals surface area contributed by atoms with Crippen molar-refractivity contribution in [1.82, 2.24) is 30.0 Å². The minimum atomic E-state index is -0.445. The normalized spacial score (nSPS) is 11.0. The fraction of sp³-hybridized carbons (Fsp3) is 0.161. The molecule has 7 aromatic rings. The van der Waals surface area contributed by atoms with Crippen LogP contribution in [0.3, 0.4) is 0 Å². The van der Waals surface area contributed by atoms with Gasteiger partial charge in [-0.3, -0.25) is 24.5 Å². The van der Waals surface area contributed by atoms with Gasteiger partial charge in [0.2, 0.25) is 0 Å². The number of aliphatic imine (C=N–C) groups is 1. The summed E-state index contributed by atoms with van der Waals surface area (Å²) in [6.45, 7) is 3.57. The molecular weight excluding hydrogens is 735 g/mol. The Morgan fingerprint density at radius 1 is 0.812 bits per heavy atom. The number of nitrogens with two attached hydrogens (primary N) is 1. The largest absolute Gasteiger partial charge is 0.366 e. The molecule has 0 aliphatic rings. The average molecular weight is 762 g/mol. The minimum absolute atomic E-state index is 0. The molecule has 0 saturated heterocycles. The highest BCUT2D eigenvalue weighted by Crippen LogP contribution is 2.35. The van der Waals surface area contributed by atoms with Gasteiger partial charge in [-0.15, -0.1) is 34.0 Å². The lowest BCUT2D eigenvalue weighted by Gasteiger charge is -2.09.